The average Bonchev–Trinajstić information content (AvgIpc) is 3.23. The highest BCUT2D eigenvalue weighted by atomic mass is 79.9. The van der Waals surface area contributed by atoms with Crippen molar-refractivity contribution in [2.45, 2.75) is 25.4 Å². The fraction of sp³-hybridized carbons (Fsp3) is 0.389. The molecule has 8 heteroatoms. The van der Waals surface area contributed by atoms with E-state index in [0.29, 0.717) is 25.5 Å². The SMILES string of the molecule is O=S1(=O)CCC(NC(=NCc2ccc(Br)cc2)NCCc2ccco2)C1. The fourth-order valence-corrected chi connectivity index (χ4v) is 4.71. The Morgan fingerprint density at radius 1 is 1.27 bits per heavy atom. The molecule has 3 rings (SSSR count). The largest absolute Gasteiger partial charge is 0.469 e. The van der Waals surface area contributed by atoms with Gasteiger partial charge in [0.15, 0.2) is 15.8 Å². The molecular weight excluding hydrogens is 418 g/mol. The van der Waals surface area contributed by atoms with Crippen LogP contribution < -0.4 is 10.6 Å². The Kier molecular flexibility index (Phi) is 6.37. The smallest absolute Gasteiger partial charge is 0.191 e. The van der Waals surface area contributed by atoms with Crippen LogP contribution in [0.1, 0.15) is 17.7 Å². The van der Waals surface area contributed by atoms with Crippen LogP contribution in [0.25, 0.3) is 0 Å². The Morgan fingerprint density at radius 2 is 2.08 bits per heavy atom. The van der Waals surface area contributed by atoms with Crippen molar-refractivity contribution in [3.05, 3.63) is 58.5 Å². The molecule has 1 fully saturated rings. The van der Waals surface area contributed by atoms with Gasteiger partial charge in [0, 0.05) is 23.5 Å². The first-order valence-electron chi connectivity index (χ1n) is 8.52. The lowest BCUT2D eigenvalue weighted by molar-refractivity contribution is 0.506. The Balaban J connectivity index is 1.61. The predicted octanol–water partition coefficient (Wildman–Crippen LogP) is 2.51. The molecule has 1 aromatic carbocycles. The second-order valence-electron chi connectivity index (χ2n) is 6.29. The number of aliphatic imine (C=N–C) groups is 1. The first-order valence-corrected chi connectivity index (χ1v) is 11.1. The first kappa shape index (κ1) is 19.0. The fourth-order valence-electron chi connectivity index (χ4n) is 2.77. The Hall–Kier alpha value is -1.80. The van der Waals surface area contributed by atoms with Crippen LogP contribution in [0.2, 0.25) is 0 Å². The molecule has 1 aliphatic rings. The molecule has 1 aromatic heterocycles. The molecule has 1 unspecified atom stereocenters. The minimum absolute atomic E-state index is 0.0974. The van der Waals surface area contributed by atoms with Gasteiger partial charge in [0.25, 0.3) is 0 Å². The first-order chi connectivity index (χ1) is 12.5. The Morgan fingerprint density at radius 3 is 2.73 bits per heavy atom. The van der Waals surface area contributed by atoms with Gasteiger partial charge in [0.2, 0.25) is 0 Å². The minimum atomic E-state index is -2.93. The molecule has 0 bridgehead atoms. The van der Waals surface area contributed by atoms with E-state index in [1.54, 1.807) is 6.26 Å². The van der Waals surface area contributed by atoms with E-state index < -0.39 is 9.84 Å². The molecule has 6 nitrogen and oxygen atoms in total. The number of sulfone groups is 1. The van der Waals surface area contributed by atoms with Gasteiger partial charge in [0.05, 0.1) is 24.3 Å². The third kappa shape index (κ3) is 5.88. The summed E-state index contributed by atoms with van der Waals surface area (Å²) in [7, 11) is -2.93. The zero-order valence-electron chi connectivity index (χ0n) is 14.3. The number of hydrogen-bond donors (Lipinski definition) is 2. The number of furan rings is 1. The van der Waals surface area contributed by atoms with Crippen LogP contribution in [-0.2, 0) is 22.8 Å². The maximum Gasteiger partial charge on any atom is 0.191 e. The van der Waals surface area contributed by atoms with Crippen molar-refractivity contribution in [2.75, 3.05) is 18.1 Å². The van der Waals surface area contributed by atoms with Crippen LogP contribution in [-0.4, -0.2) is 38.5 Å². The van der Waals surface area contributed by atoms with Crippen molar-refractivity contribution in [3.63, 3.8) is 0 Å². The van der Waals surface area contributed by atoms with Crippen molar-refractivity contribution in [1.29, 1.82) is 0 Å². The van der Waals surface area contributed by atoms with Gasteiger partial charge in [-0.15, -0.1) is 0 Å². The third-order valence-corrected chi connectivity index (χ3v) is 6.45. The molecular formula is C18H22BrN3O3S. The summed E-state index contributed by atoms with van der Waals surface area (Å²) in [6, 6.07) is 11.7. The number of rotatable bonds is 6. The van der Waals surface area contributed by atoms with E-state index in [-0.39, 0.29) is 17.5 Å². The van der Waals surface area contributed by atoms with Crippen LogP contribution in [0.4, 0.5) is 0 Å². The van der Waals surface area contributed by atoms with Gasteiger partial charge in [-0.25, -0.2) is 13.4 Å². The average molecular weight is 440 g/mol. The molecule has 1 atom stereocenters. The minimum Gasteiger partial charge on any atom is -0.469 e. The summed E-state index contributed by atoms with van der Waals surface area (Å²) in [5.74, 6) is 1.91. The maximum absolute atomic E-state index is 11.7. The quantitative estimate of drug-likeness (QED) is 0.533. The molecule has 0 aliphatic carbocycles. The summed E-state index contributed by atoms with van der Waals surface area (Å²) in [6.07, 6.45) is 2.99. The highest BCUT2D eigenvalue weighted by Crippen LogP contribution is 2.12. The topological polar surface area (TPSA) is 83.7 Å². The molecule has 1 saturated heterocycles. The van der Waals surface area contributed by atoms with E-state index in [1.165, 1.54) is 0 Å². The Labute approximate surface area is 162 Å². The monoisotopic (exact) mass is 439 g/mol. The lowest BCUT2D eigenvalue weighted by Gasteiger charge is -2.16. The lowest BCUT2D eigenvalue weighted by atomic mass is 10.2. The highest BCUT2D eigenvalue weighted by Gasteiger charge is 2.28. The van der Waals surface area contributed by atoms with Gasteiger partial charge in [-0.05, 0) is 36.2 Å². The molecule has 26 heavy (non-hydrogen) atoms. The predicted molar refractivity (Wildman–Crippen MR) is 106 cm³/mol. The number of nitrogens with one attached hydrogen (secondary N) is 2. The number of halogens is 1. The molecule has 0 spiro atoms. The second kappa shape index (κ2) is 8.73. The van der Waals surface area contributed by atoms with Crippen LogP contribution >= 0.6 is 15.9 Å². The molecule has 0 saturated carbocycles. The lowest BCUT2D eigenvalue weighted by Crippen LogP contribution is -2.44. The van der Waals surface area contributed by atoms with Crippen molar-refractivity contribution in [3.8, 4) is 0 Å². The van der Waals surface area contributed by atoms with Crippen LogP contribution in [0, 0.1) is 0 Å². The van der Waals surface area contributed by atoms with E-state index in [9.17, 15) is 8.42 Å². The highest BCUT2D eigenvalue weighted by molar-refractivity contribution is 9.10. The second-order valence-corrected chi connectivity index (χ2v) is 9.44. The van der Waals surface area contributed by atoms with Gasteiger partial charge in [-0.3, -0.25) is 0 Å². The van der Waals surface area contributed by atoms with Crippen molar-refractivity contribution >= 4 is 31.7 Å². The summed E-state index contributed by atoms with van der Waals surface area (Å²) in [6.45, 7) is 1.17. The van der Waals surface area contributed by atoms with E-state index in [4.69, 9.17) is 4.42 Å². The normalized spacial score (nSPS) is 19.4. The summed E-state index contributed by atoms with van der Waals surface area (Å²) >= 11 is 3.42. The van der Waals surface area contributed by atoms with E-state index in [2.05, 4.69) is 31.6 Å². The number of nitrogens with zero attached hydrogens (tertiary/aromatic N) is 1. The van der Waals surface area contributed by atoms with Gasteiger partial charge in [0.1, 0.15) is 5.76 Å². The third-order valence-electron chi connectivity index (χ3n) is 4.15. The van der Waals surface area contributed by atoms with E-state index >= 15 is 0 Å². The standard InChI is InChI=1S/C18H22BrN3O3S/c19-15-5-3-14(4-6-15)12-21-18(20-9-7-17-2-1-10-25-17)22-16-8-11-26(23,24)13-16/h1-6,10,16H,7-9,11-13H2,(H2,20,21,22). The zero-order valence-corrected chi connectivity index (χ0v) is 16.7. The zero-order chi connectivity index (χ0) is 18.4. The van der Waals surface area contributed by atoms with E-state index in [1.807, 2.05) is 36.4 Å². The molecule has 1 aliphatic heterocycles. The summed E-state index contributed by atoms with van der Waals surface area (Å²) < 4.78 is 29.7. The Bertz CT molecular complexity index is 833. The summed E-state index contributed by atoms with van der Waals surface area (Å²) in [4.78, 5) is 4.61. The summed E-state index contributed by atoms with van der Waals surface area (Å²) in [5.41, 5.74) is 1.08. The van der Waals surface area contributed by atoms with Gasteiger partial charge >= 0.3 is 0 Å². The molecule has 2 aromatic rings. The molecule has 0 radical (unpaired) electrons. The van der Waals surface area contributed by atoms with Crippen LogP contribution in [0.5, 0.6) is 0 Å². The van der Waals surface area contributed by atoms with Gasteiger partial charge in [-0.1, -0.05) is 28.1 Å². The van der Waals surface area contributed by atoms with E-state index in [0.717, 1.165) is 22.2 Å². The maximum atomic E-state index is 11.7. The summed E-state index contributed by atoms with van der Waals surface area (Å²) in [5, 5.41) is 6.52. The number of benzene rings is 1. The van der Waals surface area contributed by atoms with Gasteiger partial charge < -0.3 is 15.1 Å². The molecule has 140 valence electrons. The van der Waals surface area contributed by atoms with Crippen molar-refractivity contribution in [1.82, 2.24) is 10.6 Å². The van der Waals surface area contributed by atoms with Crippen molar-refractivity contribution < 1.29 is 12.8 Å². The molecule has 2 N–H and O–H groups in total. The van der Waals surface area contributed by atoms with Gasteiger partial charge in [-0.2, -0.15) is 0 Å². The van der Waals surface area contributed by atoms with Crippen molar-refractivity contribution in [2.24, 2.45) is 4.99 Å². The van der Waals surface area contributed by atoms with Crippen LogP contribution in [0.3, 0.4) is 0 Å². The number of hydrogen-bond acceptors (Lipinski definition) is 4. The number of guanidine groups is 1. The molecule has 0 amide bonds. The van der Waals surface area contributed by atoms with Crippen LogP contribution in [0.15, 0.2) is 56.5 Å². The molecule has 2 heterocycles.